The van der Waals surface area contributed by atoms with Crippen molar-refractivity contribution in [3.05, 3.63) is 23.8 Å². The van der Waals surface area contributed by atoms with E-state index >= 15 is 0 Å². The molecule has 5 nitrogen and oxygen atoms in total. The van der Waals surface area contributed by atoms with Gasteiger partial charge in [0.2, 0.25) is 0 Å². The van der Waals surface area contributed by atoms with Crippen LogP contribution in [0.3, 0.4) is 0 Å². The molecule has 20 heavy (non-hydrogen) atoms. The minimum absolute atomic E-state index is 0.0815. The molecule has 0 aliphatic carbocycles. The summed E-state index contributed by atoms with van der Waals surface area (Å²) in [6.45, 7) is 1.07. The van der Waals surface area contributed by atoms with E-state index < -0.39 is 0 Å². The fourth-order valence-electron chi connectivity index (χ4n) is 1.80. The largest absolute Gasteiger partial charge is 0.497 e. The van der Waals surface area contributed by atoms with Crippen LogP contribution in [-0.4, -0.2) is 57.2 Å². The summed E-state index contributed by atoms with van der Waals surface area (Å²) in [6.07, 6.45) is 0. The number of amides is 1. The SMILES string of the molecule is COCC(Br)CN(C)C(=O)c1cc(OC)ccc1OC. The van der Waals surface area contributed by atoms with Crippen molar-refractivity contribution in [1.29, 1.82) is 0 Å². The molecule has 0 aliphatic heterocycles. The minimum Gasteiger partial charge on any atom is -0.497 e. The van der Waals surface area contributed by atoms with E-state index in [0.717, 1.165) is 0 Å². The first-order valence-corrected chi connectivity index (χ1v) is 7.05. The summed E-state index contributed by atoms with van der Waals surface area (Å²) in [5.41, 5.74) is 0.478. The van der Waals surface area contributed by atoms with Gasteiger partial charge in [-0.15, -0.1) is 0 Å². The number of hydrogen-bond donors (Lipinski definition) is 0. The topological polar surface area (TPSA) is 48.0 Å². The highest BCUT2D eigenvalue weighted by Crippen LogP contribution is 2.25. The lowest BCUT2D eigenvalue weighted by atomic mass is 10.1. The second-order valence-corrected chi connectivity index (χ2v) is 5.60. The third-order valence-electron chi connectivity index (χ3n) is 2.80. The Bertz CT molecular complexity index is 453. The Morgan fingerprint density at radius 1 is 1.30 bits per heavy atom. The number of nitrogens with zero attached hydrogens (tertiary/aromatic N) is 1. The summed E-state index contributed by atoms with van der Waals surface area (Å²) < 4.78 is 15.4. The Hall–Kier alpha value is -1.27. The number of carbonyl (C=O) groups is 1. The van der Waals surface area contributed by atoms with Crippen molar-refractivity contribution in [2.24, 2.45) is 0 Å². The van der Waals surface area contributed by atoms with Gasteiger partial charge in [-0.1, -0.05) is 15.9 Å². The molecule has 0 aromatic heterocycles. The van der Waals surface area contributed by atoms with Crippen LogP contribution in [0.15, 0.2) is 18.2 Å². The van der Waals surface area contributed by atoms with Crippen LogP contribution in [0.4, 0.5) is 0 Å². The lowest BCUT2D eigenvalue weighted by Crippen LogP contribution is -2.33. The molecule has 0 heterocycles. The van der Waals surface area contributed by atoms with E-state index in [9.17, 15) is 4.79 Å². The number of ether oxygens (including phenoxy) is 3. The molecule has 0 fully saturated rings. The number of hydrogen-bond acceptors (Lipinski definition) is 4. The quantitative estimate of drug-likeness (QED) is 0.710. The molecule has 0 aliphatic rings. The summed E-state index contributed by atoms with van der Waals surface area (Å²) >= 11 is 3.47. The molecule has 6 heteroatoms. The summed E-state index contributed by atoms with van der Waals surface area (Å²) in [4.78, 5) is 14.2. The summed E-state index contributed by atoms with van der Waals surface area (Å²) in [5, 5.41) is 0. The second-order valence-electron chi connectivity index (χ2n) is 4.30. The smallest absolute Gasteiger partial charge is 0.257 e. The van der Waals surface area contributed by atoms with Gasteiger partial charge in [-0.05, 0) is 18.2 Å². The van der Waals surface area contributed by atoms with Crippen molar-refractivity contribution >= 4 is 21.8 Å². The van der Waals surface area contributed by atoms with Crippen LogP contribution in [0.5, 0.6) is 11.5 Å². The van der Waals surface area contributed by atoms with Crippen molar-refractivity contribution in [1.82, 2.24) is 4.90 Å². The maximum absolute atomic E-state index is 12.5. The van der Waals surface area contributed by atoms with Gasteiger partial charge >= 0.3 is 0 Å². The van der Waals surface area contributed by atoms with Gasteiger partial charge in [0, 0.05) is 20.7 Å². The van der Waals surface area contributed by atoms with Crippen molar-refractivity contribution in [2.45, 2.75) is 4.83 Å². The first-order chi connectivity index (χ1) is 9.53. The number of methoxy groups -OCH3 is 3. The van der Waals surface area contributed by atoms with Crippen molar-refractivity contribution in [2.75, 3.05) is 41.5 Å². The highest BCUT2D eigenvalue weighted by Gasteiger charge is 2.19. The number of carbonyl (C=O) groups excluding carboxylic acids is 1. The fourth-order valence-corrected chi connectivity index (χ4v) is 2.50. The van der Waals surface area contributed by atoms with Crippen LogP contribution in [0.25, 0.3) is 0 Å². The molecule has 112 valence electrons. The zero-order valence-corrected chi connectivity index (χ0v) is 13.8. The maximum Gasteiger partial charge on any atom is 0.257 e. The minimum atomic E-state index is -0.124. The molecule has 0 saturated carbocycles. The van der Waals surface area contributed by atoms with Crippen LogP contribution in [0.1, 0.15) is 10.4 Å². The zero-order valence-electron chi connectivity index (χ0n) is 12.2. The highest BCUT2D eigenvalue weighted by atomic mass is 79.9. The molecular formula is C14H20BrNO4. The predicted octanol–water partition coefficient (Wildman–Crippen LogP) is 2.19. The van der Waals surface area contributed by atoms with Gasteiger partial charge in [0.05, 0.1) is 31.2 Å². The molecule has 0 spiro atoms. The van der Waals surface area contributed by atoms with E-state index in [-0.39, 0.29) is 10.7 Å². The number of halogens is 1. The third-order valence-corrected chi connectivity index (χ3v) is 3.36. The lowest BCUT2D eigenvalue weighted by molar-refractivity contribution is 0.0780. The normalized spacial score (nSPS) is 11.8. The molecule has 1 unspecified atom stereocenters. The Kier molecular flexibility index (Phi) is 6.81. The summed E-state index contributed by atoms with van der Waals surface area (Å²) in [6, 6.07) is 5.16. The Balaban J connectivity index is 2.89. The maximum atomic E-state index is 12.5. The summed E-state index contributed by atoms with van der Waals surface area (Å²) in [5.74, 6) is 1.02. The standard InChI is InChI=1S/C14H20BrNO4/c1-16(8-10(15)9-18-2)14(17)12-7-11(19-3)5-6-13(12)20-4/h5-7,10H,8-9H2,1-4H3. The van der Waals surface area contributed by atoms with Gasteiger partial charge in [0.25, 0.3) is 5.91 Å². The second kappa shape index (κ2) is 8.11. The van der Waals surface area contributed by atoms with Crippen molar-refractivity contribution in [3.8, 4) is 11.5 Å². The van der Waals surface area contributed by atoms with Crippen LogP contribution >= 0.6 is 15.9 Å². The monoisotopic (exact) mass is 345 g/mol. The first kappa shape index (κ1) is 16.8. The molecule has 1 rings (SSSR count). The first-order valence-electron chi connectivity index (χ1n) is 6.14. The van der Waals surface area contributed by atoms with E-state index in [1.807, 2.05) is 0 Å². The summed E-state index contributed by atoms with van der Waals surface area (Å²) in [7, 11) is 6.47. The molecule has 0 radical (unpaired) electrons. The van der Waals surface area contributed by atoms with Gasteiger partial charge in [-0.2, -0.15) is 0 Å². The van der Waals surface area contributed by atoms with E-state index in [0.29, 0.717) is 30.2 Å². The van der Waals surface area contributed by atoms with Crippen LogP contribution < -0.4 is 9.47 Å². The molecule has 0 bridgehead atoms. The molecular weight excluding hydrogens is 326 g/mol. The van der Waals surface area contributed by atoms with Gasteiger partial charge < -0.3 is 19.1 Å². The molecule has 1 atom stereocenters. The molecule has 1 aromatic rings. The van der Waals surface area contributed by atoms with E-state index in [1.54, 1.807) is 44.4 Å². The van der Waals surface area contributed by atoms with Crippen LogP contribution in [0.2, 0.25) is 0 Å². The Labute approximate surface area is 127 Å². The predicted molar refractivity (Wildman–Crippen MR) is 81.1 cm³/mol. The van der Waals surface area contributed by atoms with Crippen LogP contribution in [0, 0.1) is 0 Å². The third kappa shape index (κ3) is 4.38. The molecule has 0 saturated heterocycles. The van der Waals surface area contributed by atoms with Gasteiger partial charge in [-0.25, -0.2) is 0 Å². The zero-order chi connectivity index (χ0) is 15.1. The van der Waals surface area contributed by atoms with E-state index in [4.69, 9.17) is 14.2 Å². The highest BCUT2D eigenvalue weighted by molar-refractivity contribution is 9.09. The van der Waals surface area contributed by atoms with Crippen LogP contribution in [-0.2, 0) is 4.74 Å². The van der Waals surface area contributed by atoms with Crippen molar-refractivity contribution in [3.63, 3.8) is 0 Å². The Morgan fingerprint density at radius 2 is 2.00 bits per heavy atom. The van der Waals surface area contributed by atoms with Gasteiger partial charge in [-0.3, -0.25) is 4.79 Å². The average Bonchev–Trinajstić information content (AvgIpc) is 2.45. The van der Waals surface area contributed by atoms with E-state index in [2.05, 4.69) is 15.9 Å². The van der Waals surface area contributed by atoms with E-state index in [1.165, 1.54) is 7.11 Å². The van der Waals surface area contributed by atoms with Crippen molar-refractivity contribution < 1.29 is 19.0 Å². The molecule has 1 aromatic carbocycles. The fraction of sp³-hybridized carbons (Fsp3) is 0.500. The average molecular weight is 346 g/mol. The lowest BCUT2D eigenvalue weighted by Gasteiger charge is -2.21. The Morgan fingerprint density at radius 3 is 2.55 bits per heavy atom. The molecule has 1 amide bonds. The van der Waals surface area contributed by atoms with Gasteiger partial charge in [0.1, 0.15) is 11.5 Å². The molecule has 0 N–H and O–H groups in total. The number of benzene rings is 1. The van der Waals surface area contributed by atoms with Gasteiger partial charge in [0.15, 0.2) is 0 Å². The number of rotatable bonds is 7. The number of alkyl halides is 1.